The number of halogens is 2. The van der Waals surface area contributed by atoms with E-state index in [-0.39, 0.29) is 24.2 Å². The van der Waals surface area contributed by atoms with Crippen LogP contribution in [-0.4, -0.2) is 31.2 Å². The Labute approximate surface area is 94.4 Å². The molecule has 1 amide bonds. The number of hydrogen-bond acceptors (Lipinski definition) is 2. The number of carbonyl (C=O) groups is 1. The molecule has 1 heterocycles. The largest absolute Gasteiger partial charge is 1.00 e. The predicted molar refractivity (Wildman–Crippen MR) is 51.8 cm³/mol. The minimum Gasteiger partial charge on any atom is -1.00 e. The van der Waals surface area contributed by atoms with Gasteiger partial charge in [-0.15, -0.1) is 11.6 Å². The van der Waals surface area contributed by atoms with Crippen LogP contribution in [0.25, 0.3) is 0 Å². The van der Waals surface area contributed by atoms with Crippen LogP contribution in [0.3, 0.4) is 0 Å². The Morgan fingerprint density at radius 3 is 2.93 bits per heavy atom. The van der Waals surface area contributed by atoms with Crippen molar-refractivity contribution in [3.05, 3.63) is 12.4 Å². The molecule has 80 valence electrons. The Balaban J connectivity index is 0.00000169. The van der Waals surface area contributed by atoms with E-state index in [1.165, 1.54) is 4.90 Å². The van der Waals surface area contributed by atoms with Crippen molar-refractivity contribution in [2.75, 3.05) is 19.0 Å². The summed E-state index contributed by atoms with van der Waals surface area (Å²) in [5.74, 6) is -0.0694. The van der Waals surface area contributed by atoms with Crippen LogP contribution in [-0.2, 0) is 4.79 Å². The van der Waals surface area contributed by atoms with Gasteiger partial charge in [0, 0.05) is 13.0 Å². The summed E-state index contributed by atoms with van der Waals surface area (Å²) in [6.45, 7) is 1.62. The Kier molecular flexibility index (Phi) is 7.47. The van der Waals surface area contributed by atoms with Gasteiger partial charge in [0.05, 0.1) is 12.7 Å². The van der Waals surface area contributed by atoms with E-state index >= 15 is 0 Å². The molecule has 0 aromatic rings. The van der Waals surface area contributed by atoms with Gasteiger partial charge in [0.2, 0.25) is 5.91 Å². The lowest BCUT2D eigenvalue weighted by Crippen LogP contribution is -3.05. The molecule has 4 nitrogen and oxygen atoms in total. The Hall–Kier alpha value is -0.580. The second-order valence-corrected chi connectivity index (χ2v) is 3.02. The summed E-state index contributed by atoms with van der Waals surface area (Å²) >= 11 is 5.31. The second kappa shape index (κ2) is 7.79. The summed E-state index contributed by atoms with van der Waals surface area (Å²) < 4.78 is 0. The number of amides is 1. The molecule has 14 heavy (non-hydrogen) atoms. The fraction of sp³-hybridized carbons (Fsp3) is 0.500. The van der Waals surface area contributed by atoms with Gasteiger partial charge in [-0.1, -0.05) is 0 Å². The minimum atomic E-state index is -0.109. The van der Waals surface area contributed by atoms with Crippen molar-refractivity contribution in [3.63, 3.8) is 0 Å². The van der Waals surface area contributed by atoms with Crippen molar-refractivity contribution in [1.82, 2.24) is 5.32 Å². The number of carbonyl (C=O) groups excluding carboxylic acids is 1. The maximum atomic E-state index is 10.7. The standard InChI is InChI=1S/C8H12ClN3O.ClH/c9-6-8(13)11-2-1-4-12-5-3-10-7-12;/h3,5,7H,1-2,4,6H2,(H,11,13);1H. The number of quaternary nitrogens is 1. The van der Waals surface area contributed by atoms with Gasteiger partial charge in [-0.05, 0) is 0 Å². The molecule has 0 fully saturated rings. The molecule has 0 bridgehead atoms. The smallest absolute Gasteiger partial charge is 0.234 e. The van der Waals surface area contributed by atoms with E-state index in [1.807, 2.05) is 12.5 Å². The molecule has 0 aromatic carbocycles. The van der Waals surface area contributed by atoms with Gasteiger partial charge in [0.15, 0.2) is 6.34 Å². The highest BCUT2D eigenvalue weighted by Gasteiger charge is 2.04. The zero-order valence-electron chi connectivity index (χ0n) is 7.67. The third-order valence-electron chi connectivity index (χ3n) is 1.70. The first kappa shape index (κ1) is 13.4. The van der Waals surface area contributed by atoms with Crippen molar-refractivity contribution in [3.8, 4) is 0 Å². The minimum absolute atomic E-state index is 0. The molecule has 1 aliphatic rings. The van der Waals surface area contributed by atoms with E-state index < -0.39 is 0 Å². The van der Waals surface area contributed by atoms with Gasteiger partial charge in [-0.3, -0.25) is 9.69 Å². The van der Waals surface area contributed by atoms with Gasteiger partial charge < -0.3 is 17.7 Å². The van der Waals surface area contributed by atoms with Crippen molar-refractivity contribution in [2.24, 2.45) is 4.99 Å². The molecule has 0 aliphatic carbocycles. The van der Waals surface area contributed by atoms with Crippen LogP contribution in [0, 0.1) is 0 Å². The van der Waals surface area contributed by atoms with Gasteiger partial charge >= 0.3 is 0 Å². The van der Waals surface area contributed by atoms with E-state index in [1.54, 1.807) is 6.20 Å². The molecule has 1 aliphatic heterocycles. The predicted octanol–water partition coefficient (Wildman–Crippen LogP) is -3.87. The molecule has 0 saturated heterocycles. The first-order valence-corrected chi connectivity index (χ1v) is 4.74. The zero-order valence-corrected chi connectivity index (χ0v) is 9.18. The van der Waals surface area contributed by atoms with E-state index in [0.717, 1.165) is 13.0 Å². The van der Waals surface area contributed by atoms with Gasteiger partial charge in [-0.2, -0.15) is 0 Å². The van der Waals surface area contributed by atoms with E-state index in [2.05, 4.69) is 10.3 Å². The van der Waals surface area contributed by atoms with Crippen LogP contribution in [0.5, 0.6) is 0 Å². The lowest BCUT2D eigenvalue weighted by molar-refractivity contribution is -0.736. The van der Waals surface area contributed by atoms with Crippen LogP contribution >= 0.6 is 11.6 Å². The van der Waals surface area contributed by atoms with Crippen molar-refractivity contribution in [1.29, 1.82) is 0 Å². The monoisotopic (exact) mass is 237 g/mol. The molecule has 6 heteroatoms. The highest BCUT2D eigenvalue weighted by atomic mass is 35.5. The first-order valence-electron chi connectivity index (χ1n) is 4.21. The number of hydrogen-bond donors (Lipinski definition) is 2. The van der Waals surface area contributed by atoms with Crippen molar-refractivity contribution < 1.29 is 22.1 Å². The molecule has 1 rings (SSSR count). The van der Waals surface area contributed by atoms with Gasteiger partial charge in [0.1, 0.15) is 12.1 Å². The van der Waals surface area contributed by atoms with Gasteiger partial charge in [0.25, 0.3) is 0 Å². The topological polar surface area (TPSA) is 45.9 Å². The van der Waals surface area contributed by atoms with Gasteiger partial charge in [-0.25, -0.2) is 4.99 Å². The molecule has 0 saturated carbocycles. The average Bonchev–Trinajstić information content (AvgIpc) is 2.64. The average molecular weight is 238 g/mol. The summed E-state index contributed by atoms with van der Waals surface area (Å²) in [5.41, 5.74) is 0. The van der Waals surface area contributed by atoms with Crippen LogP contribution in [0.2, 0.25) is 0 Å². The quantitative estimate of drug-likeness (QED) is 0.374. The summed E-state index contributed by atoms with van der Waals surface area (Å²) in [4.78, 5) is 15.9. The van der Waals surface area contributed by atoms with Crippen molar-refractivity contribution >= 4 is 23.8 Å². The number of nitrogens with zero attached hydrogens (tertiary/aromatic N) is 1. The molecule has 0 aromatic heterocycles. The molecule has 1 unspecified atom stereocenters. The molecular weight excluding hydrogens is 225 g/mol. The second-order valence-electron chi connectivity index (χ2n) is 2.76. The van der Waals surface area contributed by atoms with Crippen molar-refractivity contribution in [2.45, 2.75) is 6.42 Å². The lowest BCUT2D eigenvalue weighted by Gasteiger charge is -2.05. The Bertz CT molecular complexity index is 219. The maximum Gasteiger partial charge on any atom is 0.234 e. The summed E-state index contributed by atoms with van der Waals surface area (Å²) in [6, 6.07) is 0. The third-order valence-corrected chi connectivity index (χ3v) is 1.94. The highest BCUT2D eigenvalue weighted by molar-refractivity contribution is 6.27. The molecule has 0 spiro atoms. The van der Waals surface area contributed by atoms with Crippen LogP contribution in [0.4, 0.5) is 0 Å². The van der Waals surface area contributed by atoms with E-state index in [4.69, 9.17) is 11.6 Å². The van der Waals surface area contributed by atoms with Crippen LogP contribution in [0.15, 0.2) is 17.4 Å². The Morgan fingerprint density at radius 2 is 2.36 bits per heavy atom. The third kappa shape index (κ3) is 5.21. The summed E-state index contributed by atoms with van der Waals surface area (Å²) in [7, 11) is 0. The Morgan fingerprint density at radius 1 is 1.57 bits per heavy atom. The fourth-order valence-electron chi connectivity index (χ4n) is 1.04. The number of alkyl halides is 1. The molecule has 1 atom stereocenters. The molecule has 2 N–H and O–H groups in total. The number of aliphatic imine (C=N–C) groups is 1. The van der Waals surface area contributed by atoms with E-state index in [0.29, 0.717) is 6.54 Å². The highest BCUT2D eigenvalue weighted by Crippen LogP contribution is 1.77. The number of rotatable bonds is 5. The van der Waals surface area contributed by atoms with Crippen LogP contribution in [0.1, 0.15) is 6.42 Å². The lowest BCUT2D eigenvalue weighted by atomic mass is 10.4. The first-order chi connectivity index (χ1) is 6.33. The summed E-state index contributed by atoms with van der Waals surface area (Å²) in [5, 5.41) is 2.70. The van der Waals surface area contributed by atoms with E-state index in [9.17, 15) is 4.79 Å². The fourth-order valence-corrected chi connectivity index (χ4v) is 1.13. The maximum absolute atomic E-state index is 10.7. The SMILES string of the molecule is O=C(CCl)NCCC[NH+]1C=CN=C1.[Cl-]. The zero-order chi connectivity index (χ0) is 9.52. The normalized spacial score (nSPS) is 17.9. The number of nitrogens with one attached hydrogen (secondary N) is 2. The molecule has 0 radical (unpaired) electrons. The summed E-state index contributed by atoms with van der Waals surface area (Å²) in [6.07, 6.45) is 6.51. The van der Waals surface area contributed by atoms with Crippen LogP contribution < -0.4 is 22.6 Å². The molecular formula is C8H13Cl2N3O.